The topological polar surface area (TPSA) is 67.8 Å². The van der Waals surface area contributed by atoms with Crippen molar-refractivity contribution >= 4 is 12.0 Å². The Labute approximate surface area is 112 Å². The zero-order chi connectivity index (χ0) is 13.9. The molecule has 0 aliphatic rings. The van der Waals surface area contributed by atoms with Crippen molar-refractivity contribution in [1.82, 2.24) is 5.32 Å². The first-order chi connectivity index (χ1) is 9.26. The maximum absolute atomic E-state index is 11.4. The lowest BCUT2D eigenvalue weighted by molar-refractivity contribution is -0.137. The van der Waals surface area contributed by atoms with Crippen LogP contribution < -0.4 is 10.1 Å². The van der Waals surface area contributed by atoms with Gasteiger partial charge in [-0.15, -0.1) is 0 Å². The molecule has 1 aromatic carbocycles. The third-order valence-corrected chi connectivity index (χ3v) is 2.34. The van der Waals surface area contributed by atoms with Crippen molar-refractivity contribution in [1.29, 1.82) is 0 Å². The van der Waals surface area contributed by atoms with E-state index < -0.39 is 0 Å². The number of ether oxygens (including phenoxy) is 2. The standard InChI is InChI=1S/C14H19NO4/c1-18-13-5-2-12(3-6-13)4-7-14(17)19-11-9-15-8-10-16/h2-7,15-16H,8-11H2,1H3. The van der Waals surface area contributed by atoms with Crippen LogP contribution in [0.3, 0.4) is 0 Å². The number of benzene rings is 1. The molecule has 19 heavy (non-hydrogen) atoms. The highest BCUT2D eigenvalue weighted by atomic mass is 16.5. The van der Waals surface area contributed by atoms with Crippen LogP contribution in [0.25, 0.3) is 6.08 Å². The van der Waals surface area contributed by atoms with Crippen LogP contribution in [-0.4, -0.2) is 44.5 Å². The number of methoxy groups -OCH3 is 1. The zero-order valence-corrected chi connectivity index (χ0v) is 11.0. The predicted molar refractivity (Wildman–Crippen MR) is 72.9 cm³/mol. The van der Waals surface area contributed by atoms with Crippen molar-refractivity contribution in [2.45, 2.75) is 0 Å². The van der Waals surface area contributed by atoms with Gasteiger partial charge in [0.2, 0.25) is 0 Å². The Kier molecular flexibility index (Phi) is 7.31. The van der Waals surface area contributed by atoms with E-state index in [0.29, 0.717) is 13.1 Å². The minimum Gasteiger partial charge on any atom is -0.497 e. The van der Waals surface area contributed by atoms with Gasteiger partial charge in [0.25, 0.3) is 0 Å². The Morgan fingerprint density at radius 2 is 2.05 bits per heavy atom. The van der Waals surface area contributed by atoms with Gasteiger partial charge in [0.05, 0.1) is 13.7 Å². The number of esters is 1. The van der Waals surface area contributed by atoms with Crippen LogP contribution in [0.2, 0.25) is 0 Å². The van der Waals surface area contributed by atoms with E-state index in [4.69, 9.17) is 14.6 Å². The van der Waals surface area contributed by atoms with Gasteiger partial charge in [-0.25, -0.2) is 4.79 Å². The first-order valence-electron chi connectivity index (χ1n) is 6.06. The van der Waals surface area contributed by atoms with Crippen LogP contribution in [0, 0.1) is 0 Å². The molecule has 5 nitrogen and oxygen atoms in total. The van der Waals surface area contributed by atoms with Gasteiger partial charge >= 0.3 is 5.97 Å². The Morgan fingerprint density at radius 3 is 2.68 bits per heavy atom. The maximum atomic E-state index is 11.4. The van der Waals surface area contributed by atoms with E-state index in [1.165, 1.54) is 6.08 Å². The normalized spacial score (nSPS) is 10.6. The van der Waals surface area contributed by atoms with E-state index >= 15 is 0 Å². The molecule has 2 N–H and O–H groups in total. The van der Waals surface area contributed by atoms with Gasteiger partial charge < -0.3 is 19.9 Å². The van der Waals surface area contributed by atoms with Gasteiger partial charge in [-0.1, -0.05) is 12.1 Å². The van der Waals surface area contributed by atoms with Crippen molar-refractivity contribution in [3.05, 3.63) is 35.9 Å². The second kappa shape index (κ2) is 9.13. The van der Waals surface area contributed by atoms with Crippen LogP contribution in [0.5, 0.6) is 5.75 Å². The zero-order valence-electron chi connectivity index (χ0n) is 11.0. The molecule has 0 atom stereocenters. The van der Waals surface area contributed by atoms with Crippen LogP contribution in [0.15, 0.2) is 30.3 Å². The minimum atomic E-state index is -0.387. The predicted octanol–water partition coefficient (Wildman–Crippen LogP) is 0.833. The van der Waals surface area contributed by atoms with Gasteiger partial charge in [-0.3, -0.25) is 0 Å². The van der Waals surface area contributed by atoms with Crippen LogP contribution in [0.1, 0.15) is 5.56 Å². The molecule has 0 amide bonds. The molecule has 0 aliphatic carbocycles. The lowest BCUT2D eigenvalue weighted by Crippen LogP contribution is -2.23. The number of carbonyl (C=O) groups excluding carboxylic acids is 1. The fourth-order valence-electron chi connectivity index (χ4n) is 1.36. The van der Waals surface area contributed by atoms with E-state index in [1.54, 1.807) is 13.2 Å². The molecule has 1 aromatic rings. The smallest absolute Gasteiger partial charge is 0.330 e. The van der Waals surface area contributed by atoms with E-state index in [-0.39, 0.29) is 19.2 Å². The summed E-state index contributed by atoms with van der Waals surface area (Å²) in [6.07, 6.45) is 3.07. The molecule has 104 valence electrons. The first kappa shape index (κ1) is 15.2. The first-order valence-corrected chi connectivity index (χ1v) is 6.06. The summed E-state index contributed by atoms with van der Waals surface area (Å²) in [6.45, 7) is 1.39. The molecule has 0 radical (unpaired) electrons. The molecule has 0 bridgehead atoms. The van der Waals surface area contributed by atoms with Gasteiger partial charge in [0.15, 0.2) is 0 Å². The number of hydrogen-bond donors (Lipinski definition) is 2. The Morgan fingerprint density at radius 1 is 1.32 bits per heavy atom. The van der Waals surface area contributed by atoms with Gasteiger partial charge in [0, 0.05) is 19.2 Å². The molecule has 0 saturated heterocycles. The molecule has 0 aliphatic heterocycles. The molecule has 0 spiro atoms. The molecule has 0 saturated carbocycles. The number of hydrogen-bond acceptors (Lipinski definition) is 5. The third-order valence-electron chi connectivity index (χ3n) is 2.34. The second-order valence-electron chi connectivity index (χ2n) is 3.75. The molecular weight excluding hydrogens is 246 g/mol. The molecule has 0 aromatic heterocycles. The Bertz CT molecular complexity index is 400. The molecule has 0 fully saturated rings. The van der Waals surface area contributed by atoms with Gasteiger partial charge in [0.1, 0.15) is 12.4 Å². The largest absolute Gasteiger partial charge is 0.497 e. The molecule has 5 heteroatoms. The van der Waals surface area contributed by atoms with Crippen molar-refractivity contribution in [3.63, 3.8) is 0 Å². The Hall–Kier alpha value is -1.85. The molecule has 0 unspecified atom stereocenters. The number of carbonyl (C=O) groups is 1. The lowest BCUT2D eigenvalue weighted by atomic mass is 10.2. The summed E-state index contributed by atoms with van der Waals surface area (Å²) in [6, 6.07) is 7.35. The van der Waals surface area contributed by atoms with Crippen LogP contribution in [0.4, 0.5) is 0 Å². The minimum absolute atomic E-state index is 0.0747. The Balaban J connectivity index is 2.28. The van der Waals surface area contributed by atoms with Crippen LogP contribution >= 0.6 is 0 Å². The highest BCUT2D eigenvalue weighted by molar-refractivity contribution is 5.87. The van der Waals surface area contributed by atoms with Crippen LogP contribution in [-0.2, 0) is 9.53 Å². The van der Waals surface area contributed by atoms with E-state index in [2.05, 4.69) is 5.32 Å². The SMILES string of the molecule is COc1ccc(C=CC(=O)OCCNCCO)cc1. The number of aliphatic hydroxyl groups is 1. The quantitative estimate of drug-likeness (QED) is 0.414. The fourth-order valence-corrected chi connectivity index (χ4v) is 1.36. The number of rotatable bonds is 8. The van der Waals surface area contributed by atoms with Crippen molar-refractivity contribution in [2.24, 2.45) is 0 Å². The number of nitrogens with one attached hydrogen (secondary N) is 1. The van der Waals surface area contributed by atoms with Gasteiger partial charge in [-0.05, 0) is 23.8 Å². The summed E-state index contributed by atoms with van der Waals surface area (Å²) < 4.78 is 10.0. The summed E-state index contributed by atoms with van der Waals surface area (Å²) in [5, 5.41) is 11.4. The summed E-state index contributed by atoms with van der Waals surface area (Å²) >= 11 is 0. The summed E-state index contributed by atoms with van der Waals surface area (Å²) in [5.74, 6) is 0.385. The average Bonchev–Trinajstić information content (AvgIpc) is 2.45. The van der Waals surface area contributed by atoms with E-state index in [0.717, 1.165) is 11.3 Å². The molecule has 1 rings (SSSR count). The van der Waals surface area contributed by atoms with Crippen molar-refractivity contribution < 1.29 is 19.4 Å². The van der Waals surface area contributed by atoms with Crippen molar-refractivity contribution in [2.75, 3.05) is 33.4 Å². The molecular formula is C14H19NO4. The maximum Gasteiger partial charge on any atom is 0.330 e. The molecule has 0 heterocycles. The lowest BCUT2D eigenvalue weighted by Gasteiger charge is -2.03. The fraction of sp³-hybridized carbons (Fsp3) is 0.357. The summed E-state index contributed by atoms with van der Waals surface area (Å²) in [7, 11) is 1.60. The third kappa shape index (κ3) is 6.59. The van der Waals surface area contributed by atoms with E-state index in [1.807, 2.05) is 24.3 Å². The van der Waals surface area contributed by atoms with Crippen molar-refractivity contribution in [3.8, 4) is 5.75 Å². The van der Waals surface area contributed by atoms with Gasteiger partial charge in [-0.2, -0.15) is 0 Å². The number of aliphatic hydroxyl groups excluding tert-OH is 1. The summed E-state index contributed by atoms with van der Waals surface area (Å²) in [4.78, 5) is 11.4. The highest BCUT2D eigenvalue weighted by Gasteiger charge is 1.97. The highest BCUT2D eigenvalue weighted by Crippen LogP contribution is 2.12. The monoisotopic (exact) mass is 265 g/mol. The average molecular weight is 265 g/mol. The second-order valence-corrected chi connectivity index (χ2v) is 3.75. The summed E-state index contributed by atoms with van der Waals surface area (Å²) in [5.41, 5.74) is 0.899. The van der Waals surface area contributed by atoms with E-state index in [9.17, 15) is 4.79 Å².